The van der Waals surface area contributed by atoms with Crippen LogP contribution in [0, 0.1) is 0 Å². The van der Waals surface area contributed by atoms with Crippen LogP contribution in [0.1, 0.15) is 6.42 Å². The number of rotatable bonds is 4. The van der Waals surface area contributed by atoms with Gasteiger partial charge in [0.05, 0.1) is 6.61 Å². The molecule has 0 saturated heterocycles. The maximum atomic E-state index is 11.0. The molecular formula is C10H12O4. The van der Waals surface area contributed by atoms with Crippen LogP contribution >= 0.6 is 0 Å². The molecule has 4 heteroatoms. The summed E-state index contributed by atoms with van der Waals surface area (Å²) in [5.41, 5.74) is 0. The van der Waals surface area contributed by atoms with E-state index in [1.807, 2.05) is 6.07 Å². The van der Waals surface area contributed by atoms with E-state index >= 15 is 0 Å². The van der Waals surface area contributed by atoms with Crippen molar-refractivity contribution in [2.24, 2.45) is 0 Å². The van der Waals surface area contributed by atoms with E-state index in [0.717, 1.165) is 0 Å². The van der Waals surface area contributed by atoms with Crippen LogP contribution in [0.5, 0.6) is 5.75 Å². The van der Waals surface area contributed by atoms with Gasteiger partial charge in [-0.25, -0.2) is 4.79 Å². The average molecular weight is 196 g/mol. The Labute approximate surface area is 82.1 Å². The van der Waals surface area contributed by atoms with Gasteiger partial charge in [0.1, 0.15) is 5.75 Å². The van der Waals surface area contributed by atoms with Crippen LogP contribution < -0.4 is 4.74 Å². The van der Waals surface area contributed by atoms with Crippen molar-refractivity contribution in [1.82, 2.24) is 0 Å². The van der Waals surface area contributed by atoms with Crippen molar-refractivity contribution in [3.05, 3.63) is 30.3 Å². The summed E-state index contributed by atoms with van der Waals surface area (Å²) in [4.78, 5) is 11.0. The molecule has 0 radical (unpaired) electrons. The van der Waals surface area contributed by atoms with E-state index in [1.165, 1.54) is 0 Å². The van der Waals surface area contributed by atoms with E-state index in [1.54, 1.807) is 24.3 Å². The molecule has 14 heavy (non-hydrogen) atoms. The highest BCUT2D eigenvalue weighted by molar-refractivity contribution is 5.63. The predicted molar refractivity (Wildman–Crippen MR) is 50.1 cm³/mol. The summed E-state index contributed by atoms with van der Waals surface area (Å²) in [6.45, 7) is 0.167. The minimum atomic E-state index is -0.746. The van der Waals surface area contributed by atoms with Crippen molar-refractivity contribution in [3.63, 3.8) is 0 Å². The topological polar surface area (TPSA) is 55.8 Å². The normalized spacial score (nSPS) is 9.50. The molecule has 0 aromatic heterocycles. The molecule has 0 aliphatic rings. The summed E-state index contributed by atoms with van der Waals surface area (Å²) < 4.78 is 9.48. The molecule has 1 aromatic carbocycles. The third-order valence-electron chi connectivity index (χ3n) is 1.47. The minimum absolute atomic E-state index is 0.00137. The van der Waals surface area contributed by atoms with Gasteiger partial charge < -0.3 is 14.6 Å². The lowest BCUT2D eigenvalue weighted by Crippen LogP contribution is -2.11. The van der Waals surface area contributed by atoms with Crippen molar-refractivity contribution in [1.29, 1.82) is 0 Å². The number of para-hydroxylation sites is 1. The van der Waals surface area contributed by atoms with E-state index in [4.69, 9.17) is 9.84 Å². The van der Waals surface area contributed by atoms with Gasteiger partial charge in [-0.2, -0.15) is 0 Å². The van der Waals surface area contributed by atoms with E-state index in [9.17, 15) is 4.79 Å². The summed E-state index contributed by atoms with van der Waals surface area (Å²) in [7, 11) is 0. The zero-order valence-electron chi connectivity index (χ0n) is 7.68. The van der Waals surface area contributed by atoms with E-state index in [2.05, 4.69) is 4.74 Å². The zero-order valence-corrected chi connectivity index (χ0v) is 7.68. The van der Waals surface area contributed by atoms with Gasteiger partial charge >= 0.3 is 6.16 Å². The van der Waals surface area contributed by atoms with E-state index in [-0.39, 0.29) is 13.2 Å². The highest BCUT2D eigenvalue weighted by Gasteiger charge is 2.04. The lowest BCUT2D eigenvalue weighted by atomic mass is 10.3. The Hall–Kier alpha value is -1.55. The molecule has 4 nitrogen and oxygen atoms in total. The summed E-state index contributed by atoms with van der Waals surface area (Å²) >= 11 is 0. The fourth-order valence-corrected chi connectivity index (χ4v) is 0.834. The van der Waals surface area contributed by atoms with Crippen LogP contribution in [0.3, 0.4) is 0 Å². The Kier molecular flexibility index (Phi) is 4.50. The second-order valence-corrected chi connectivity index (χ2v) is 2.59. The van der Waals surface area contributed by atoms with Gasteiger partial charge in [0.15, 0.2) is 0 Å². The fraction of sp³-hybridized carbons (Fsp3) is 0.300. The molecule has 1 aromatic rings. The number of aliphatic hydroxyl groups excluding tert-OH is 1. The molecular weight excluding hydrogens is 184 g/mol. The molecule has 0 amide bonds. The van der Waals surface area contributed by atoms with Crippen LogP contribution in [0.15, 0.2) is 30.3 Å². The Morgan fingerprint density at radius 3 is 2.64 bits per heavy atom. The monoisotopic (exact) mass is 196 g/mol. The molecule has 1 N–H and O–H groups in total. The van der Waals surface area contributed by atoms with Crippen molar-refractivity contribution in [3.8, 4) is 5.75 Å². The second-order valence-electron chi connectivity index (χ2n) is 2.59. The number of carbonyl (C=O) groups is 1. The Morgan fingerprint density at radius 1 is 1.29 bits per heavy atom. The second kappa shape index (κ2) is 5.99. The molecule has 0 saturated carbocycles. The third-order valence-corrected chi connectivity index (χ3v) is 1.47. The molecule has 0 bridgehead atoms. The van der Waals surface area contributed by atoms with Gasteiger partial charge in [0.25, 0.3) is 0 Å². The van der Waals surface area contributed by atoms with Crippen molar-refractivity contribution in [2.45, 2.75) is 6.42 Å². The largest absolute Gasteiger partial charge is 0.513 e. The SMILES string of the molecule is O=C(OCCCO)Oc1ccccc1. The molecule has 1 rings (SSSR count). The van der Waals surface area contributed by atoms with Crippen LogP contribution in [0.25, 0.3) is 0 Å². The maximum absolute atomic E-state index is 11.0. The smallest absolute Gasteiger partial charge is 0.434 e. The molecule has 0 heterocycles. The van der Waals surface area contributed by atoms with Gasteiger partial charge in [0, 0.05) is 13.0 Å². The molecule has 0 fully saturated rings. The number of ether oxygens (including phenoxy) is 2. The van der Waals surface area contributed by atoms with Gasteiger partial charge in [-0.3, -0.25) is 0 Å². The fourth-order valence-electron chi connectivity index (χ4n) is 0.834. The first-order valence-corrected chi connectivity index (χ1v) is 4.33. The Bertz CT molecular complexity index is 271. The molecule has 0 unspecified atom stereocenters. The standard InChI is InChI=1S/C10H12O4/c11-7-4-8-13-10(12)14-9-5-2-1-3-6-9/h1-3,5-6,11H,4,7-8H2. The summed E-state index contributed by atoms with van der Waals surface area (Å²) in [6.07, 6.45) is -0.325. The van der Waals surface area contributed by atoms with Crippen molar-refractivity contribution < 1.29 is 19.4 Å². The van der Waals surface area contributed by atoms with Crippen LogP contribution in [-0.4, -0.2) is 24.5 Å². The first-order chi connectivity index (χ1) is 6.83. The molecule has 76 valence electrons. The van der Waals surface area contributed by atoms with Crippen molar-refractivity contribution >= 4 is 6.16 Å². The summed E-state index contributed by atoms with van der Waals surface area (Å²) in [5.74, 6) is 0.446. The predicted octanol–water partition coefficient (Wildman–Crippen LogP) is 1.58. The average Bonchev–Trinajstić information content (AvgIpc) is 2.20. The number of benzene rings is 1. The van der Waals surface area contributed by atoms with Gasteiger partial charge in [-0.1, -0.05) is 18.2 Å². The lowest BCUT2D eigenvalue weighted by molar-refractivity contribution is 0.0925. The first-order valence-electron chi connectivity index (χ1n) is 4.33. The van der Waals surface area contributed by atoms with Gasteiger partial charge in [-0.15, -0.1) is 0 Å². The van der Waals surface area contributed by atoms with Crippen molar-refractivity contribution in [2.75, 3.05) is 13.2 Å². The number of hydrogen-bond donors (Lipinski definition) is 1. The highest BCUT2D eigenvalue weighted by atomic mass is 16.7. The highest BCUT2D eigenvalue weighted by Crippen LogP contribution is 2.08. The third kappa shape index (κ3) is 3.91. The molecule has 0 aliphatic heterocycles. The van der Waals surface area contributed by atoms with E-state index < -0.39 is 6.16 Å². The molecule has 0 spiro atoms. The van der Waals surface area contributed by atoms with Crippen LogP contribution in [-0.2, 0) is 4.74 Å². The quantitative estimate of drug-likeness (QED) is 0.451. The molecule has 0 atom stereocenters. The maximum Gasteiger partial charge on any atom is 0.513 e. The van der Waals surface area contributed by atoms with E-state index in [0.29, 0.717) is 12.2 Å². The van der Waals surface area contributed by atoms with Gasteiger partial charge in [0.2, 0.25) is 0 Å². The lowest BCUT2D eigenvalue weighted by Gasteiger charge is -2.04. The van der Waals surface area contributed by atoms with Crippen LogP contribution in [0.2, 0.25) is 0 Å². The Morgan fingerprint density at radius 2 is 2.00 bits per heavy atom. The summed E-state index contributed by atoms with van der Waals surface area (Å²) in [6, 6.07) is 8.66. The summed E-state index contributed by atoms with van der Waals surface area (Å²) in [5, 5.41) is 8.44. The number of carbonyl (C=O) groups excluding carboxylic acids is 1. The van der Waals surface area contributed by atoms with Crippen LogP contribution in [0.4, 0.5) is 4.79 Å². The first kappa shape index (κ1) is 10.5. The van der Waals surface area contributed by atoms with Gasteiger partial charge in [-0.05, 0) is 12.1 Å². The number of hydrogen-bond acceptors (Lipinski definition) is 4. The minimum Gasteiger partial charge on any atom is -0.434 e. The number of aliphatic hydroxyl groups is 1. The zero-order chi connectivity index (χ0) is 10.2. The Balaban J connectivity index is 2.27. The molecule has 0 aliphatic carbocycles.